The molecule has 2 aromatic heterocycles. The van der Waals surface area contributed by atoms with E-state index in [0.717, 1.165) is 63.5 Å². The van der Waals surface area contributed by atoms with Gasteiger partial charge in [-0.15, -0.1) is 0 Å². The average Bonchev–Trinajstić information content (AvgIpc) is 3.11. The number of allylic oxidation sites excluding steroid dienone is 1. The number of aromatic nitrogens is 3. The number of nitriles is 1. The predicted molar refractivity (Wildman–Crippen MR) is 129 cm³/mol. The lowest BCUT2D eigenvalue weighted by atomic mass is 9.92. The van der Waals surface area contributed by atoms with Gasteiger partial charge in [-0.3, -0.25) is 4.57 Å². The highest BCUT2D eigenvalue weighted by Gasteiger charge is 2.24. The second kappa shape index (κ2) is 7.76. The normalized spacial score (nSPS) is 16.5. The van der Waals surface area contributed by atoms with Crippen molar-refractivity contribution in [2.75, 3.05) is 0 Å². The first-order valence-corrected chi connectivity index (χ1v) is 11.2. The summed E-state index contributed by atoms with van der Waals surface area (Å²) in [5.41, 5.74) is 10.9. The molecule has 0 aliphatic heterocycles. The van der Waals surface area contributed by atoms with E-state index in [1.54, 1.807) is 6.08 Å². The quantitative estimate of drug-likeness (QED) is 0.363. The van der Waals surface area contributed by atoms with Crippen LogP contribution in [0.2, 0.25) is 0 Å². The molecule has 0 saturated carbocycles. The highest BCUT2D eigenvalue weighted by atomic mass is 15.1. The summed E-state index contributed by atoms with van der Waals surface area (Å²) >= 11 is 0. The van der Waals surface area contributed by atoms with Gasteiger partial charge in [-0.05, 0) is 77.8 Å². The van der Waals surface area contributed by atoms with E-state index >= 15 is 0 Å². The first-order valence-electron chi connectivity index (χ1n) is 11.2. The maximum atomic E-state index is 9.52. The van der Waals surface area contributed by atoms with E-state index in [4.69, 9.17) is 9.97 Å². The van der Waals surface area contributed by atoms with E-state index in [2.05, 4.69) is 79.9 Å². The molecule has 158 valence electrons. The average molecular weight is 419 g/mol. The van der Waals surface area contributed by atoms with E-state index < -0.39 is 0 Å². The Labute approximate surface area is 188 Å². The monoisotopic (exact) mass is 418 g/mol. The van der Waals surface area contributed by atoms with Crippen LogP contribution in [0.5, 0.6) is 0 Å². The van der Waals surface area contributed by atoms with Crippen LogP contribution in [-0.2, 0) is 12.8 Å². The third-order valence-electron chi connectivity index (χ3n) is 6.47. The molecule has 2 heterocycles. The molecule has 0 bridgehead atoms. The highest BCUT2D eigenvalue weighted by molar-refractivity contribution is 5.86. The fourth-order valence-electron chi connectivity index (χ4n) is 5.04. The summed E-state index contributed by atoms with van der Waals surface area (Å²) < 4.78 is 2.20. The van der Waals surface area contributed by atoms with Crippen molar-refractivity contribution in [1.82, 2.24) is 14.5 Å². The largest absolute Gasteiger partial charge is 0.281 e. The lowest BCUT2D eigenvalue weighted by Gasteiger charge is -2.14. The van der Waals surface area contributed by atoms with Crippen LogP contribution < -0.4 is 0 Å². The summed E-state index contributed by atoms with van der Waals surface area (Å²) in [6.07, 6.45) is 3.43. The summed E-state index contributed by atoms with van der Waals surface area (Å²) in [7, 11) is 0. The Kier molecular flexibility index (Phi) is 4.90. The molecular formula is C28H26N4. The van der Waals surface area contributed by atoms with Gasteiger partial charge in [0.1, 0.15) is 11.3 Å². The SMILES string of the molecule is CCc1nc2c(C)cc(C)nc2n1-c1ccc2c(c1)CC(C)c1ccccc1C2=CC#N. The lowest BCUT2D eigenvalue weighted by molar-refractivity contribution is 0.760. The molecular weight excluding hydrogens is 392 g/mol. The summed E-state index contributed by atoms with van der Waals surface area (Å²) in [4.78, 5) is 9.77. The Balaban J connectivity index is 1.75. The standard InChI is InChI=1S/C28H26N4/c1-5-26-31-27-18(3)14-19(4)30-28(27)32(26)21-10-11-23-20(16-21)15-17(2)22-8-6-7-9-24(22)25(23)12-13-29/h6-12,14,16-17H,5,15H2,1-4H3. The van der Waals surface area contributed by atoms with Crippen molar-refractivity contribution in [1.29, 1.82) is 5.26 Å². The number of imidazole rings is 1. The number of benzene rings is 2. The molecule has 2 aromatic carbocycles. The van der Waals surface area contributed by atoms with Crippen LogP contribution >= 0.6 is 0 Å². The molecule has 0 saturated heterocycles. The second-order valence-electron chi connectivity index (χ2n) is 8.69. The van der Waals surface area contributed by atoms with E-state index in [0.29, 0.717) is 5.92 Å². The zero-order chi connectivity index (χ0) is 22.4. The van der Waals surface area contributed by atoms with Crippen molar-refractivity contribution in [3.05, 3.63) is 93.9 Å². The fourth-order valence-corrected chi connectivity index (χ4v) is 5.04. The van der Waals surface area contributed by atoms with Gasteiger partial charge in [0.25, 0.3) is 0 Å². The summed E-state index contributed by atoms with van der Waals surface area (Å²) in [6.45, 7) is 8.53. The van der Waals surface area contributed by atoms with Crippen molar-refractivity contribution in [3.63, 3.8) is 0 Å². The summed E-state index contributed by atoms with van der Waals surface area (Å²) in [5.74, 6) is 1.37. The van der Waals surface area contributed by atoms with Crippen LogP contribution in [0.3, 0.4) is 0 Å². The molecule has 1 atom stereocenters. The van der Waals surface area contributed by atoms with Crippen molar-refractivity contribution in [2.45, 2.75) is 46.5 Å². The van der Waals surface area contributed by atoms with Gasteiger partial charge in [0.05, 0.1) is 6.07 Å². The minimum Gasteiger partial charge on any atom is -0.281 e. The maximum Gasteiger partial charge on any atom is 0.165 e. The first kappa shape index (κ1) is 20.2. The van der Waals surface area contributed by atoms with Gasteiger partial charge in [0.2, 0.25) is 0 Å². The van der Waals surface area contributed by atoms with Gasteiger partial charge >= 0.3 is 0 Å². The Hall–Kier alpha value is -3.71. The van der Waals surface area contributed by atoms with Gasteiger partial charge < -0.3 is 0 Å². The third kappa shape index (κ3) is 3.13. The topological polar surface area (TPSA) is 54.5 Å². The summed E-state index contributed by atoms with van der Waals surface area (Å²) in [5, 5.41) is 9.52. The van der Waals surface area contributed by atoms with Crippen molar-refractivity contribution in [2.24, 2.45) is 0 Å². The minimum absolute atomic E-state index is 0.359. The van der Waals surface area contributed by atoms with Gasteiger partial charge in [-0.1, -0.05) is 44.2 Å². The van der Waals surface area contributed by atoms with Gasteiger partial charge in [-0.2, -0.15) is 5.26 Å². The molecule has 0 radical (unpaired) electrons. The highest BCUT2D eigenvalue weighted by Crippen LogP contribution is 2.39. The second-order valence-corrected chi connectivity index (χ2v) is 8.69. The van der Waals surface area contributed by atoms with Crippen LogP contribution in [0, 0.1) is 25.2 Å². The molecule has 0 spiro atoms. The molecule has 4 heteroatoms. The fraction of sp³-hybridized carbons (Fsp3) is 0.250. The van der Waals surface area contributed by atoms with Crippen LogP contribution in [-0.4, -0.2) is 14.5 Å². The molecule has 1 aliphatic rings. The van der Waals surface area contributed by atoms with E-state index in [9.17, 15) is 5.26 Å². The Morgan fingerprint density at radius 3 is 2.69 bits per heavy atom. The number of hydrogen-bond donors (Lipinski definition) is 0. The molecule has 0 N–H and O–H groups in total. The van der Waals surface area contributed by atoms with Crippen LogP contribution in [0.25, 0.3) is 22.4 Å². The van der Waals surface area contributed by atoms with Crippen LogP contribution in [0.15, 0.2) is 54.6 Å². The number of nitrogens with zero attached hydrogens (tertiary/aromatic N) is 4. The predicted octanol–water partition coefficient (Wildman–Crippen LogP) is 6.21. The molecule has 4 nitrogen and oxygen atoms in total. The lowest BCUT2D eigenvalue weighted by Crippen LogP contribution is -2.04. The number of aryl methyl sites for hydroxylation is 3. The molecule has 32 heavy (non-hydrogen) atoms. The van der Waals surface area contributed by atoms with Gasteiger partial charge in [0, 0.05) is 23.9 Å². The number of pyridine rings is 1. The molecule has 5 rings (SSSR count). The minimum atomic E-state index is 0.359. The Morgan fingerprint density at radius 2 is 1.91 bits per heavy atom. The summed E-state index contributed by atoms with van der Waals surface area (Å²) in [6, 6.07) is 19.4. The van der Waals surface area contributed by atoms with E-state index in [-0.39, 0.29) is 0 Å². The molecule has 0 amide bonds. The zero-order valence-corrected chi connectivity index (χ0v) is 19.0. The van der Waals surface area contributed by atoms with Crippen molar-refractivity contribution >= 4 is 16.7 Å². The Morgan fingerprint density at radius 1 is 1.09 bits per heavy atom. The number of hydrogen-bond acceptors (Lipinski definition) is 3. The zero-order valence-electron chi connectivity index (χ0n) is 19.0. The molecule has 1 unspecified atom stereocenters. The van der Waals surface area contributed by atoms with E-state index in [1.165, 1.54) is 11.1 Å². The van der Waals surface area contributed by atoms with Crippen LogP contribution in [0.1, 0.15) is 59.1 Å². The van der Waals surface area contributed by atoms with Crippen molar-refractivity contribution < 1.29 is 0 Å². The van der Waals surface area contributed by atoms with E-state index in [1.807, 2.05) is 6.92 Å². The Bertz CT molecular complexity index is 1430. The maximum absolute atomic E-state index is 9.52. The molecule has 4 aromatic rings. The number of fused-ring (bicyclic) bond motifs is 3. The third-order valence-corrected chi connectivity index (χ3v) is 6.47. The first-order chi connectivity index (χ1) is 15.5. The van der Waals surface area contributed by atoms with Crippen molar-refractivity contribution in [3.8, 4) is 11.8 Å². The molecule has 0 fully saturated rings. The van der Waals surface area contributed by atoms with Crippen LogP contribution in [0.4, 0.5) is 0 Å². The smallest absolute Gasteiger partial charge is 0.165 e. The van der Waals surface area contributed by atoms with Gasteiger partial charge in [0.15, 0.2) is 5.65 Å². The molecule has 1 aliphatic carbocycles. The number of rotatable bonds is 2. The van der Waals surface area contributed by atoms with Gasteiger partial charge in [-0.25, -0.2) is 9.97 Å².